The van der Waals surface area contributed by atoms with Crippen LogP contribution in [0.25, 0.3) is 28.2 Å². The highest BCUT2D eigenvalue weighted by atomic mass is 19.4. The SMILES string of the molecule is CCOC(=O)c1ccccc1-c1ccc2nc(-c3ccc(C(F)(F)F)c(NC(=O)C(C)(C)C)c3)cn2n1. The first-order valence-electron chi connectivity index (χ1n) is 11.5. The molecule has 0 aliphatic rings. The maximum Gasteiger partial charge on any atom is 0.418 e. The summed E-state index contributed by atoms with van der Waals surface area (Å²) in [6.07, 6.45) is -3.08. The summed E-state index contributed by atoms with van der Waals surface area (Å²) in [5, 5.41) is 6.96. The van der Waals surface area contributed by atoms with Crippen LogP contribution in [0.1, 0.15) is 43.6 Å². The standard InChI is InChI=1S/C27H25F3N4O3/c1-5-37-24(35)18-9-7-6-8-17(18)20-12-13-23-31-22(15-34(23)33-20)16-10-11-19(27(28,29)30)21(14-16)32-25(36)26(2,3)4/h6-15H,5H2,1-4H3,(H,32,36). The molecular formula is C27H25F3N4O3. The molecular weight excluding hydrogens is 485 g/mol. The zero-order valence-corrected chi connectivity index (χ0v) is 20.7. The first-order chi connectivity index (χ1) is 17.4. The summed E-state index contributed by atoms with van der Waals surface area (Å²) in [5.74, 6) is -1.02. The van der Waals surface area contributed by atoms with E-state index in [1.165, 1.54) is 16.6 Å². The summed E-state index contributed by atoms with van der Waals surface area (Å²) in [5.41, 5.74) is 0.422. The topological polar surface area (TPSA) is 85.6 Å². The number of fused-ring (bicyclic) bond motifs is 1. The average molecular weight is 511 g/mol. The van der Waals surface area contributed by atoms with Gasteiger partial charge in [0.15, 0.2) is 5.65 Å². The largest absolute Gasteiger partial charge is 0.462 e. The van der Waals surface area contributed by atoms with Gasteiger partial charge in [-0.15, -0.1) is 0 Å². The molecule has 0 spiro atoms. The molecule has 0 fully saturated rings. The number of hydrogen-bond acceptors (Lipinski definition) is 5. The van der Waals surface area contributed by atoms with Gasteiger partial charge in [0.25, 0.3) is 0 Å². The molecule has 0 bridgehead atoms. The second kappa shape index (κ2) is 9.68. The molecule has 192 valence electrons. The molecule has 37 heavy (non-hydrogen) atoms. The molecule has 0 radical (unpaired) electrons. The monoisotopic (exact) mass is 510 g/mol. The Balaban J connectivity index is 1.75. The van der Waals surface area contributed by atoms with E-state index in [2.05, 4.69) is 15.4 Å². The van der Waals surface area contributed by atoms with Crippen LogP contribution in [0.3, 0.4) is 0 Å². The Hall–Kier alpha value is -4.21. The van der Waals surface area contributed by atoms with Crippen molar-refractivity contribution in [2.75, 3.05) is 11.9 Å². The van der Waals surface area contributed by atoms with Crippen molar-refractivity contribution in [3.8, 4) is 22.5 Å². The number of nitrogens with zero attached hydrogens (tertiary/aromatic N) is 3. The van der Waals surface area contributed by atoms with Crippen LogP contribution < -0.4 is 5.32 Å². The van der Waals surface area contributed by atoms with Gasteiger partial charge in [-0.3, -0.25) is 4.79 Å². The Morgan fingerprint density at radius 2 is 1.73 bits per heavy atom. The fourth-order valence-corrected chi connectivity index (χ4v) is 3.62. The van der Waals surface area contributed by atoms with E-state index < -0.39 is 29.0 Å². The van der Waals surface area contributed by atoms with Crippen LogP contribution in [-0.4, -0.2) is 33.1 Å². The highest BCUT2D eigenvalue weighted by Gasteiger charge is 2.35. The number of halogens is 3. The minimum Gasteiger partial charge on any atom is -0.462 e. The Labute approximate surface area is 211 Å². The number of amides is 1. The molecule has 1 N–H and O–H groups in total. The van der Waals surface area contributed by atoms with Gasteiger partial charge >= 0.3 is 12.1 Å². The van der Waals surface area contributed by atoms with Gasteiger partial charge in [-0.2, -0.15) is 18.3 Å². The van der Waals surface area contributed by atoms with E-state index in [0.717, 1.165) is 6.07 Å². The minimum atomic E-state index is -4.65. The van der Waals surface area contributed by atoms with Crippen molar-refractivity contribution >= 4 is 23.2 Å². The Morgan fingerprint density at radius 3 is 2.41 bits per heavy atom. The summed E-state index contributed by atoms with van der Waals surface area (Å²) >= 11 is 0. The molecule has 4 rings (SSSR count). The maximum absolute atomic E-state index is 13.6. The number of benzene rings is 2. The Bertz CT molecular complexity index is 1490. The van der Waals surface area contributed by atoms with Crippen molar-refractivity contribution in [1.82, 2.24) is 14.6 Å². The van der Waals surface area contributed by atoms with E-state index in [4.69, 9.17) is 4.74 Å². The molecule has 0 unspecified atom stereocenters. The number of esters is 1. The third-order valence-corrected chi connectivity index (χ3v) is 5.57. The number of alkyl halides is 3. The predicted molar refractivity (Wildman–Crippen MR) is 133 cm³/mol. The van der Waals surface area contributed by atoms with Gasteiger partial charge < -0.3 is 10.1 Å². The summed E-state index contributed by atoms with van der Waals surface area (Å²) in [6, 6.07) is 13.8. The van der Waals surface area contributed by atoms with Gasteiger partial charge in [0.1, 0.15) is 0 Å². The smallest absolute Gasteiger partial charge is 0.418 e. The van der Waals surface area contributed by atoms with E-state index in [1.807, 2.05) is 0 Å². The molecule has 2 aromatic heterocycles. The van der Waals surface area contributed by atoms with Gasteiger partial charge in [0.2, 0.25) is 5.91 Å². The van der Waals surface area contributed by atoms with E-state index in [9.17, 15) is 22.8 Å². The Kier molecular flexibility index (Phi) is 6.77. The fraction of sp³-hybridized carbons (Fsp3) is 0.259. The number of anilines is 1. The quantitative estimate of drug-likeness (QED) is 0.321. The van der Waals surface area contributed by atoms with Gasteiger partial charge in [0.05, 0.1) is 41.0 Å². The van der Waals surface area contributed by atoms with Crippen molar-refractivity contribution in [2.45, 2.75) is 33.9 Å². The highest BCUT2D eigenvalue weighted by molar-refractivity contribution is 5.97. The summed E-state index contributed by atoms with van der Waals surface area (Å²) in [4.78, 5) is 29.3. The predicted octanol–water partition coefficient (Wildman–Crippen LogP) is 6.24. The molecule has 2 aromatic carbocycles. The van der Waals surface area contributed by atoms with E-state index in [1.54, 1.807) is 70.3 Å². The third-order valence-electron chi connectivity index (χ3n) is 5.57. The Morgan fingerprint density at radius 1 is 1.00 bits per heavy atom. The zero-order chi connectivity index (χ0) is 27.0. The lowest BCUT2D eigenvalue weighted by Gasteiger charge is -2.20. The van der Waals surface area contributed by atoms with Crippen LogP contribution >= 0.6 is 0 Å². The van der Waals surface area contributed by atoms with Gasteiger partial charge in [-0.05, 0) is 37.3 Å². The van der Waals surface area contributed by atoms with Gasteiger partial charge in [0, 0.05) is 16.5 Å². The van der Waals surface area contributed by atoms with Crippen molar-refractivity contribution in [2.24, 2.45) is 5.41 Å². The van der Waals surface area contributed by atoms with Gasteiger partial charge in [-0.25, -0.2) is 14.3 Å². The maximum atomic E-state index is 13.6. The van der Waals surface area contributed by atoms with E-state index >= 15 is 0 Å². The molecule has 0 saturated heterocycles. The number of rotatable bonds is 5. The molecule has 10 heteroatoms. The van der Waals surface area contributed by atoms with Crippen LogP contribution in [0, 0.1) is 5.41 Å². The average Bonchev–Trinajstić information content (AvgIpc) is 3.26. The number of hydrogen-bond donors (Lipinski definition) is 1. The number of imidazole rings is 1. The van der Waals surface area contributed by atoms with Crippen LogP contribution in [0.2, 0.25) is 0 Å². The number of nitrogens with one attached hydrogen (secondary N) is 1. The second-order valence-corrected chi connectivity index (χ2v) is 9.38. The molecule has 0 aliphatic carbocycles. The number of carbonyl (C=O) groups excluding carboxylic acids is 2. The lowest BCUT2D eigenvalue weighted by molar-refractivity contribution is -0.137. The molecule has 4 aromatic rings. The summed E-state index contributed by atoms with van der Waals surface area (Å²) in [6.45, 7) is 6.80. The number of carbonyl (C=O) groups is 2. The van der Waals surface area contributed by atoms with Crippen LogP contribution in [-0.2, 0) is 15.7 Å². The molecule has 1 amide bonds. The van der Waals surface area contributed by atoms with E-state index in [-0.39, 0.29) is 12.3 Å². The van der Waals surface area contributed by atoms with E-state index in [0.29, 0.717) is 33.7 Å². The molecule has 2 heterocycles. The second-order valence-electron chi connectivity index (χ2n) is 9.38. The van der Waals surface area contributed by atoms with Crippen LogP contribution in [0.5, 0.6) is 0 Å². The number of ether oxygens (including phenoxy) is 1. The summed E-state index contributed by atoms with van der Waals surface area (Å²) in [7, 11) is 0. The van der Waals surface area contributed by atoms with Crippen LogP contribution in [0.4, 0.5) is 18.9 Å². The summed E-state index contributed by atoms with van der Waals surface area (Å²) < 4.78 is 47.5. The lowest BCUT2D eigenvalue weighted by atomic mass is 9.95. The number of aromatic nitrogens is 3. The first kappa shape index (κ1) is 25.9. The zero-order valence-electron chi connectivity index (χ0n) is 20.7. The molecule has 0 saturated carbocycles. The van der Waals surface area contributed by atoms with Crippen LogP contribution in [0.15, 0.2) is 60.8 Å². The molecule has 0 atom stereocenters. The normalized spacial score (nSPS) is 12.0. The van der Waals surface area contributed by atoms with Crippen molar-refractivity contribution in [3.63, 3.8) is 0 Å². The van der Waals surface area contributed by atoms with Crippen molar-refractivity contribution in [1.29, 1.82) is 0 Å². The lowest BCUT2D eigenvalue weighted by Crippen LogP contribution is -2.28. The fourth-order valence-electron chi connectivity index (χ4n) is 3.62. The van der Waals surface area contributed by atoms with Crippen molar-refractivity contribution < 1.29 is 27.5 Å². The molecule has 7 nitrogen and oxygen atoms in total. The van der Waals surface area contributed by atoms with Crippen molar-refractivity contribution in [3.05, 3.63) is 71.9 Å². The molecule has 0 aliphatic heterocycles. The third kappa shape index (κ3) is 5.47. The minimum absolute atomic E-state index is 0.232. The van der Waals surface area contributed by atoms with Gasteiger partial charge in [-0.1, -0.05) is 45.0 Å². The highest BCUT2D eigenvalue weighted by Crippen LogP contribution is 2.38. The first-order valence-corrected chi connectivity index (χ1v) is 11.5.